The van der Waals surface area contributed by atoms with Crippen LogP contribution in [0.2, 0.25) is 0 Å². The fourth-order valence-corrected chi connectivity index (χ4v) is 2.69. The molecule has 1 heterocycles. The maximum Gasteiger partial charge on any atom is 0.209 e. The van der Waals surface area contributed by atoms with E-state index in [-0.39, 0.29) is 5.41 Å². The summed E-state index contributed by atoms with van der Waals surface area (Å²) in [5.41, 5.74) is 5.68. The van der Waals surface area contributed by atoms with E-state index in [0.717, 1.165) is 23.8 Å². The molecular formula is C9H14N6S. The zero-order valence-electron chi connectivity index (χ0n) is 8.96. The van der Waals surface area contributed by atoms with E-state index in [4.69, 9.17) is 11.0 Å². The molecule has 16 heavy (non-hydrogen) atoms. The number of aromatic nitrogens is 4. The molecule has 0 aromatic carbocycles. The fourth-order valence-electron chi connectivity index (χ4n) is 1.50. The molecule has 1 aromatic rings. The van der Waals surface area contributed by atoms with Gasteiger partial charge in [0.2, 0.25) is 5.16 Å². The maximum absolute atomic E-state index is 8.72. The van der Waals surface area contributed by atoms with Crippen molar-refractivity contribution in [1.29, 1.82) is 5.26 Å². The molecule has 2 rings (SSSR count). The average Bonchev–Trinajstić information content (AvgIpc) is 2.89. The van der Waals surface area contributed by atoms with Gasteiger partial charge in [-0.05, 0) is 28.7 Å². The Morgan fingerprint density at radius 2 is 2.38 bits per heavy atom. The SMILES string of the molecule is N#CCC1(CSc2nnnn2CCN)CC1. The molecular weight excluding hydrogens is 224 g/mol. The lowest BCUT2D eigenvalue weighted by atomic mass is 10.1. The minimum Gasteiger partial charge on any atom is -0.329 e. The lowest BCUT2D eigenvalue weighted by Crippen LogP contribution is -2.13. The number of nitrogens with zero attached hydrogens (tertiary/aromatic N) is 5. The van der Waals surface area contributed by atoms with Gasteiger partial charge < -0.3 is 5.73 Å². The van der Waals surface area contributed by atoms with Crippen LogP contribution < -0.4 is 5.73 Å². The number of thioether (sulfide) groups is 1. The molecule has 0 spiro atoms. The zero-order chi connectivity index (χ0) is 11.4. The smallest absolute Gasteiger partial charge is 0.209 e. The Hall–Kier alpha value is -1.13. The summed E-state index contributed by atoms with van der Waals surface area (Å²) in [6.45, 7) is 1.17. The first-order valence-corrected chi connectivity index (χ1v) is 6.24. The second kappa shape index (κ2) is 4.80. The van der Waals surface area contributed by atoms with Crippen LogP contribution in [0.3, 0.4) is 0 Å². The van der Waals surface area contributed by atoms with Gasteiger partial charge >= 0.3 is 0 Å². The molecule has 0 radical (unpaired) electrons. The van der Waals surface area contributed by atoms with Crippen molar-refractivity contribution in [2.45, 2.75) is 31.0 Å². The van der Waals surface area contributed by atoms with Crippen LogP contribution in [-0.2, 0) is 6.54 Å². The van der Waals surface area contributed by atoms with Crippen molar-refractivity contribution in [1.82, 2.24) is 20.2 Å². The Bertz CT molecular complexity index is 391. The average molecular weight is 238 g/mol. The second-order valence-corrected chi connectivity index (χ2v) is 5.04. The number of nitriles is 1. The van der Waals surface area contributed by atoms with E-state index in [1.807, 2.05) is 0 Å². The standard InChI is InChI=1S/C9H14N6S/c10-4-3-9(1-2-9)7-16-8-12-13-14-15(8)6-5-11/h1-3,5-7,11H2. The Labute approximate surface area is 98.2 Å². The summed E-state index contributed by atoms with van der Waals surface area (Å²) in [7, 11) is 0. The van der Waals surface area contributed by atoms with Crippen LogP contribution in [0.5, 0.6) is 0 Å². The molecule has 1 fully saturated rings. The van der Waals surface area contributed by atoms with Crippen LogP contribution in [-0.4, -0.2) is 32.5 Å². The van der Waals surface area contributed by atoms with E-state index in [1.54, 1.807) is 16.4 Å². The van der Waals surface area contributed by atoms with Crippen LogP contribution in [0.4, 0.5) is 0 Å². The molecule has 0 bridgehead atoms. The van der Waals surface area contributed by atoms with Crippen molar-refractivity contribution < 1.29 is 0 Å². The third-order valence-electron chi connectivity index (χ3n) is 2.76. The molecule has 0 unspecified atom stereocenters. The number of nitrogens with two attached hydrogens (primary N) is 1. The van der Waals surface area contributed by atoms with Gasteiger partial charge in [0, 0.05) is 18.7 Å². The molecule has 86 valence electrons. The molecule has 1 aliphatic rings. The van der Waals surface area contributed by atoms with Gasteiger partial charge in [-0.1, -0.05) is 11.8 Å². The molecule has 0 atom stereocenters. The summed E-state index contributed by atoms with van der Waals surface area (Å²) in [5, 5.41) is 21.0. The van der Waals surface area contributed by atoms with Gasteiger partial charge in [0.25, 0.3) is 0 Å². The lowest BCUT2D eigenvalue weighted by molar-refractivity contribution is 0.553. The highest BCUT2D eigenvalue weighted by Gasteiger charge is 2.42. The minimum absolute atomic E-state index is 0.221. The normalized spacial score (nSPS) is 17.0. The summed E-state index contributed by atoms with van der Waals surface area (Å²) >= 11 is 1.62. The van der Waals surface area contributed by atoms with E-state index in [2.05, 4.69) is 21.6 Å². The largest absolute Gasteiger partial charge is 0.329 e. The van der Waals surface area contributed by atoms with Gasteiger partial charge in [-0.3, -0.25) is 0 Å². The van der Waals surface area contributed by atoms with Crippen molar-refractivity contribution in [2.24, 2.45) is 11.1 Å². The predicted molar refractivity (Wildman–Crippen MR) is 59.5 cm³/mol. The Morgan fingerprint density at radius 1 is 1.56 bits per heavy atom. The third-order valence-corrected chi connectivity index (χ3v) is 4.07. The lowest BCUT2D eigenvalue weighted by Gasteiger charge is -2.09. The summed E-state index contributed by atoms with van der Waals surface area (Å²) < 4.78 is 1.72. The van der Waals surface area contributed by atoms with E-state index in [1.165, 1.54) is 0 Å². The van der Waals surface area contributed by atoms with Gasteiger partial charge in [0.1, 0.15) is 0 Å². The molecule has 2 N–H and O–H groups in total. The monoisotopic (exact) mass is 238 g/mol. The molecule has 0 saturated heterocycles. The van der Waals surface area contributed by atoms with Crippen LogP contribution in [0.25, 0.3) is 0 Å². The predicted octanol–water partition coefficient (Wildman–Crippen LogP) is 0.418. The summed E-state index contributed by atoms with van der Waals surface area (Å²) in [5.74, 6) is 0.922. The van der Waals surface area contributed by atoms with Crippen LogP contribution in [0, 0.1) is 16.7 Å². The van der Waals surface area contributed by atoms with E-state index < -0.39 is 0 Å². The second-order valence-electron chi connectivity index (χ2n) is 4.10. The summed E-state index contributed by atoms with van der Waals surface area (Å²) in [4.78, 5) is 0. The maximum atomic E-state index is 8.72. The van der Waals surface area contributed by atoms with E-state index >= 15 is 0 Å². The van der Waals surface area contributed by atoms with Gasteiger partial charge in [-0.15, -0.1) is 5.10 Å². The molecule has 7 heteroatoms. The van der Waals surface area contributed by atoms with Crippen molar-refractivity contribution >= 4 is 11.8 Å². The van der Waals surface area contributed by atoms with Crippen LogP contribution in [0.15, 0.2) is 5.16 Å². The number of hydrogen-bond acceptors (Lipinski definition) is 6. The van der Waals surface area contributed by atoms with Gasteiger partial charge in [-0.2, -0.15) is 5.26 Å². The van der Waals surface area contributed by atoms with Crippen molar-refractivity contribution in [3.8, 4) is 6.07 Å². The van der Waals surface area contributed by atoms with Gasteiger partial charge in [0.05, 0.1) is 12.6 Å². The molecule has 1 saturated carbocycles. The summed E-state index contributed by atoms with van der Waals surface area (Å²) in [6, 6.07) is 2.25. The quantitative estimate of drug-likeness (QED) is 0.722. The van der Waals surface area contributed by atoms with Gasteiger partial charge in [-0.25, -0.2) is 4.68 Å². The third kappa shape index (κ3) is 2.51. The van der Waals surface area contributed by atoms with Crippen molar-refractivity contribution in [2.75, 3.05) is 12.3 Å². The van der Waals surface area contributed by atoms with E-state index in [0.29, 0.717) is 19.5 Å². The van der Waals surface area contributed by atoms with Crippen molar-refractivity contribution in [3.05, 3.63) is 0 Å². The molecule has 0 amide bonds. The first-order chi connectivity index (χ1) is 7.79. The minimum atomic E-state index is 0.221. The Morgan fingerprint density at radius 3 is 3.00 bits per heavy atom. The van der Waals surface area contributed by atoms with Crippen molar-refractivity contribution in [3.63, 3.8) is 0 Å². The van der Waals surface area contributed by atoms with Gasteiger partial charge in [0.15, 0.2) is 0 Å². The number of tetrazole rings is 1. The van der Waals surface area contributed by atoms with E-state index in [9.17, 15) is 0 Å². The highest BCUT2D eigenvalue weighted by atomic mass is 32.2. The zero-order valence-corrected chi connectivity index (χ0v) is 9.78. The number of rotatable bonds is 6. The molecule has 1 aromatic heterocycles. The van der Waals surface area contributed by atoms with Crippen LogP contribution >= 0.6 is 11.8 Å². The molecule has 6 nitrogen and oxygen atoms in total. The highest BCUT2D eigenvalue weighted by Crippen LogP contribution is 2.51. The fraction of sp³-hybridized carbons (Fsp3) is 0.778. The highest BCUT2D eigenvalue weighted by molar-refractivity contribution is 7.99. The topological polar surface area (TPSA) is 93.4 Å². The Balaban J connectivity index is 1.90. The summed E-state index contributed by atoms with van der Waals surface area (Å²) in [6.07, 6.45) is 2.93. The Kier molecular flexibility index (Phi) is 3.41. The first kappa shape index (κ1) is 11.4. The van der Waals surface area contributed by atoms with Crippen LogP contribution in [0.1, 0.15) is 19.3 Å². The molecule has 0 aliphatic heterocycles. The molecule has 1 aliphatic carbocycles. The first-order valence-electron chi connectivity index (χ1n) is 5.26. The number of hydrogen-bond donors (Lipinski definition) is 1.